The molecule has 0 unspecified atom stereocenters. The fourth-order valence-electron chi connectivity index (χ4n) is 14.4. The van der Waals surface area contributed by atoms with Gasteiger partial charge in [-0.1, -0.05) is 193 Å². The number of para-hydroxylation sites is 3. The quantitative estimate of drug-likeness (QED) is 0.149. The molecule has 3 aliphatic carbocycles. The van der Waals surface area contributed by atoms with E-state index in [1.165, 1.54) is 85.2 Å². The van der Waals surface area contributed by atoms with Crippen LogP contribution < -0.4 is 14.5 Å². The Labute approximate surface area is 507 Å². The third kappa shape index (κ3) is 8.84. The maximum Gasteiger partial charge on any atom is 0.135 e. The summed E-state index contributed by atoms with van der Waals surface area (Å²) in [5, 5.41) is 2.26. The molecule has 14 rings (SSSR count). The number of rotatable bonds is 7. The Morgan fingerprint density at radius 2 is 1.05 bits per heavy atom. The normalized spacial score (nSPS) is 17.6. The van der Waals surface area contributed by atoms with Crippen LogP contribution in [0.4, 0.5) is 22.7 Å². The zero-order chi connectivity index (χ0) is 57.0. The summed E-state index contributed by atoms with van der Waals surface area (Å²) < 4.78 is 9.21. The molecule has 83 heavy (non-hydrogen) atoms. The van der Waals surface area contributed by atoms with Crippen molar-refractivity contribution in [1.29, 1.82) is 0 Å². The first-order chi connectivity index (χ1) is 39.0. The molecule has 0 spiro atoms. The molecule has 4 aliphatic rings. The summed E-state index contributed by atoms with van der Waals surface area (Å²) in [6.45, 7) is 33.1. The summed E-state index contributed by atoms with van der Waals surface area (Å²) in [5.41, 5.74) is 23.5. The van der Waals surface area contributed by atoms with Crippen molar-refractivity contribution in [2.45, 2.75) is 148 Å². The van der Waals surface area contributed by atoms with Crippen LogP contribution in [0.15, 0.2) is 164 Å². The summed E-state index contributed by atoms with van der Waals surface area (Å²) in [5.74, 6) is 2.07. The molecule has 422 valence electrons. The predicted molar refractivity (Wildman–Crippen MR) is 342 cm³/mol. The molecule has 0 atom stereocenters. The summed E-state index contributed by atoms with van der Waals surface area (Å²) in [6, 6.07) is 66.4. The van der Waals surface area contributed by atoms with Crippen molar-refractivity contribution in [1.82, 2.24) is 9.55 Å². The fraction of sp³-hybridized carbons (Fsp3) is 0.299. The van der Waals surface area contributed by atoms with Crippen molar-refractivity contribution in [3.05, 3.63) is 222 Å². The molecular weight excluding hydrogens is 1190 g/mol. The van der Waals surface area contributed by atoms with E-state index in [4.69, 9.17) is 9.72 Å². The molecule has 0 fully saturated rings. The van der Waals surface area contributed by atoms with Gasteiger partial charge in [-0.05, 0) is 150 Å². The zero-order valence-electron chi connectivity index (χ0n) is 50.5. The fourth-order valence-corrected chi connectivity index (χ4v) is 14.4. The van der Waals surface area contributed by atoms with Gasteiger partial charge in [-0.2, -0.15) is 12.1 Å². The zero-order valence-corrected chi connectivity index (χ0v) is 52.8. The van der Waals surface area contributed by atoms with Crippen LogP contribution in [0.1, 0.15) is 155 Å². The van der Waals surface area contributed by atoms with Gasteiger partial charge in [0.2, 0.25) is 0 Å². The van der Waals surface area contributed by atoms with E-state index in [1.807, 2.05) is 12.3 Å². The third-order valence-electron chi connectivity index (χ3n) is 19.7. The molecule has 6 heteroatoms. The van der Waals surface area contributed by atoms with Crippen molar-refractivity contribution in [2.75, 3.05) is 9.80 Å². The van der Waals surface area contributed by atoms with Crippen molar-refractivity contribution in [2.24, 2.45) is 0 Å². The number of fused-ring (bicyclic) bond motifs is 9. The van der Waals surface area contributed by atoms with Crippen LogP contribution in [0.3, 0.4) is 0 Å². The monoisotopic (exact) mass is 1270 g/mol. The van der Waals surface area contributed by atoms with Crippen molar-refractivity contribution in [3.63, 3.8) is 0 Å². The van der Waals surface area contributed by atoms with E-state index >= 15 is 0 Å². The Morgan fingerprint density at radius 3 is 1.69 bits per heavy atom. The second-order valence-electron chi connectivity index (χ2n) is 28.3. The van der Waals surface area contributed by atoms with Gasteiger partial charge < -0.3 is 19.1 Å². The van der Waals surface area contributed by atoms with Gasteiger partial charge in [-0.15, -0.1) is 48.1 Å². The number of nitrogens with zero attached hydrogens (tertiary/aromatic N) is 4. The molecule has 1 aliphatic heterocycles. The summed E-state index contributed by atoms with van der Waals surface area (Å²) in [7, 11) is 0. The van der Waals surface area contributed by atoms with Gasteiger partial charge in [-0.3, -0.25) is 0 Å². The molecule has 10 aromatic rings. The van der Waals surface area contributed by atoms with Gasteiger partial charge in [0, 0.05) is 77.9 Å². The van der Waals surface area contributed by atoms with Gasteiger partial charge in [0.15, 0.2) is 0 Å². The molecule has 5 nitrogen and oxygen atoms in total. The SMILES string of the molecule is CC(C)(C)c1ccnc(-n2c3[c-]c(Oc4[c-]c(N5[CH-]N(c6c(-c7ccc8c(c7)C(C)(C)CCC8(C)C)cccc6-c6ccc7c(c6)C(C)(C)CCC7(C)C)c6ccccc65)ccc4)ccc3c3cc4c(cc32)C(C)(C)c2ccccc2-4)c1.[Pt]. The van der Waals surface area contributed by atoms with E-state index in [2.05, 4.69) is 275 Å². The Kier molecular flexibility index (Phi) is 12.7. The second-order valence-corrected chi connectivity index (χ2v) is 28.3. The molecular formula is C77H75N4OPt-3. The van der Waals surface area contributed by atoms with Crippen LogP contribution in [0.25, 0.3) is 61.0 Å². The molecule has 0 saturated heterocycles. The first-order valence-electron chi connectivity index (χ1n) is 29.8. The number of pyridine rings is 1. The largest absolute Gasteiger partial charge is 0.509 e. The topological polar surface area (TPSA) is 33.5 Å². The van der Waals surface area contributed by atoms with Crippen LogP contribution >= 0.6 is 0 Å². The first kappa shape index (κ1) is 55.0. The van der Waals surface area contributed by atoms with E-state index in [0.717, 1.165) is 63.2 Å². The van der Waals surface area contributed by atoms with Crippen LogP contribution in [0.5, 0.6) is 11.5 Å². The van der Waals surface area contributed by atoms with Crippen molar-refractivity contribution < 1.29 is 25.8 Å². The van der Waals surface area contributed by atoms with Crippen LogP contribution in [-0.2, 0) is 53.6 Å². The molecule has 2 aromatic heterocycles. The Bertz CT molecular complexity index is 4180. The number of benzene rings is 8. The average Bonchev–Trinajstić information content (AvgIpc) is 2.05. The molecule has 0 radical (unpaired) electrons. The summed E-state index contributed by atoms with van der Waals surface area (Å²) in [4.78, 5) is 9.77. The van der Waals surface area contributed by atoms with E-state index in [-0.39, 0.29) is 53.6 Å². The van der Waals surface area contributed by atoms with E-state index in [1.54, 1.807) is 0 Å². The predicted octanol–water partition coefficient (Wildman–Crippen LogP) is 20.6. The molecule has 8 aromatic carbocycles. The number of aromatic nitrogens is 2. The number of hydrogen-bond acceptors (Lipinski definition) is 4. The van der Waals surface area contributed by atoms with Crippen LogP contribution in [0, 0.1) is 18.8 Å². The third-order valence-corrected chi connectivity index (χ3v) is 19.7. The maximum atomic E-state index is 6.92. The second kappa shape index (κ2) is 19.2. The number of ether oxygens (including phenoxy) is 1. The smallest absolute Gasteiger partial charge is 0.135 e. The standard InChI is InChI=1S/C77H75N4O.Pt/c1-72(2,3)50-34-39-78-70(42-50)81-68-44-53(30-31-57(68)59-45-58-56-22-14-15-25-60(56)77(12,13)63(58)46-69(59)81)82-52-21-18-20-51(43-52)79-47-80(67-27-17-16-26-66(67)79)71-54(48-28-32-61-64(40-48)75(8,9)37-35-73(61,4)5)23-19-24-55(71)49-29-33-62-65(41-49)76(10,11)38-36-74(62,6)7;/h14-34,39-42,45-47H,35-38H2,1-13H3;/q-3;. The van der Waals surface area contributed by atoms with Gasteiger partial charge in [0.05, 0.1) is 0 Å². The Balaban J connectivity index is 0.00000645. The van der Waals surface area contributed by atoms with E-state index in [0.29, 0.717) is 11.5 Å². The Hall–Kier alpha value is -7.20. The molecule has 0 amide bonds. The Morgan fingerprint density at radius 1 is 0.482 bits per heavy atom. The minimum atomic E-state index is -0.163. The maximum absolute atomic E-state index is 6.92. The molecule has 0 saturated carbocycles. The molecule has 3 heterocycles. The number of anilines is 4. The van der Waals surface area contributed by atoms with Gasteiger partial charge in [-0.25, -0.2) is 4.98 Å². The van der Waals surface area contributed by atoms with Crippen molar-refractivity contribution >= 4 is 44.6 Å². The van der Waals surface area contributed by atoms with E-state index in [9.17, 15) is 0 Å². The first-order valence-corrected chi connectivity index (χ1v) is 29.8. The van der Waals surface area contributed by atoms with E-state index < -0.39 is 0 Å². The van der Waals surface area contributed by atoms with Crippen LogP contribution in [0.2, 0.25) is 0 Å². The molecule has 0 bridgehead atoms. The van der Waals surface area contributed by atoms with Gasteiger partial charge in [0.1, 0.15) is 5.82 Å². The van der Waals surface area contributed by atoms with Gasteiger partial charge >= 0.3 is 0 Å². The minimum Gasteiger partial charge on any atom is -0.509 e. The summed E-state index contributed by atoms with van der Waals surface area (Å²) in [6.07, 6.45) is 6.61. The number of hydrogen-bond donors (Lipinski definition) is 0. The molecule has 0 N–H and O–H groups in total. The average molecular weight is 1270 g/mol. The minimum absolute atomic E-state index is 0. The van der Waals surface area contributed by atoms with Crippen molar-refractivity contribution in [3.8, 4) is 50.7 Å². The van der Waals surface area contributed by atoms with Crippen LogP contribution in [-0.4, -0.2) is 9.55 Å². The summed E-state index contributed by atoms with van der Waals surface area (Å²) >= 11 is 0. The van der Waals surface area contributed by atoms with Gasteiger partial charge in [0.25, 0.3) is 0 Å².